The van der Waals surface area contributed by atoms with Crippen LogP contribution < -0.4 is 5.32 Å². The molecule has 19 heavy (non-hydrogen) atoms. The third-order valence-electron chi connectivity index (χ3n) is 1.68. The molecule has 0 aromatic carbocycles. The van der Waals surface area contributed by atoms with Gasteiger partial charge in [0, 0.05) is 0 Å². The molecule has 0 saturated heterocycles. The Balaban J connectivity index is 4.33. The Morgan fingerprint density at radius 3 is 1.95 bits per heavy atom. The Labute approximate surface area is 115 Å². The maximum Gasteiger partial charge on any atom is 0.336 e. The van der Waals surface area contributed by atoms with E-state index in [0.29, 0.717) is 0 Å². The summed E-state index contributed by atoms with van der Waals surface area (Å²) in [6.07, 6.45) is 5.24. The van der Waals surface area contributed by atoms with Crippen LogP contribution in [0.1, 0.15) is 41.5 Å². The van der Waals surface area contributed by atoms with E-state index in [2.05, 4.69) is 11.2 Å². The third kappa shape index (κ3) is 9.09. The Kier molecular flexibility index (Phi) is 6.04. The van der Waals surface area contributed by atoms with Crippen molar-refractivity contribution in [3.63, 3.8) is 0 Å². The van der Waals surface area contributed by atoms with Crippen LogP contribution in [0, 0.1) is 12.3 Å². The first kappa shape index (κ1) is 17.5. The molecule has 0 radical (unpaired) electrons. The van der Waals surface area contributed by atoms with Crippen molar-refractivity contribution in [1.82, 2.24) is 5.32 Å². The lowest BCUT2D eigenvalue weighted by Gasteiger charge is -2.23. The molecule has 0 aliphatic heterocycles. The van der Waals surface area contributed by atoms with Gasteiger partial charge in [-0.2, -0.15) is 0 Å². The van der Waals surface area contributed by atoms with Crippen LogP contribution in [0.15, 0.2) is 0 Å². The van der Waals surface area contributed by atoms with Gasteiger partial charge in [0.15, 0.2) is 6.04 Å². The Hall–Kier alpha value is -1.54. The van der Waals surface area contributed by atoms with Gasteiger partial charge in [0.1, 0.15) is 11.2 Å². The molecule has 1 unspecified atom stereocenters. The highest BCUT2D eigenvalue weighted by molar-refractivity contribution is 5.81. The standard InChI is InChI=1S/C14H23NO4/c1-8-10(12(17)19-14(5,6)7)15-9-11(16)18-13(2,3)4/h1,10,15H,9H2,2-7H3. The van der Waals surface area contributed by atoms with Crippen molar-refractivity contribution in [3.8, 4) is 12.3 Å². The summed E-state index contributed by atoms with van der Waals surface area (Å²) in [5.74, 6) is 1.19. The van der Waals surface area contributed by atoms with Gasteiger partial charge in [-0.05, 0) is 41.5 Å². The normalized spacial score (nSPS) is 13.3. The van der Waals surface area contributed by atoms with Crippen LogP contribution in [0.2, 0.25) is 0 Å². The summed E-state index contributed by atoms with van der Waals surface area (Å²) in [4.78, 5) is 23.2. The molecule has 0 amide bonds. The molecule has 0 aromatic rings. The zero-order valence-electron chi connectivity index (χ0n) is 12.5. The summed E-state index contributed by atoms with van der Waals surface area (Å²) in [5, 5.41) is 2.63. The fourth-order valence-electron chi connectivity index (χ4n) is 1.13. The van der Waals surface area contributed by atoms with Crippen LogP contribution >= 0.6 is 0 Å². The van der Waals surface area contributed by atoms with Crippen molar-refractivity contribution >= 4 is 11.9 Å². The number of terminal acetylenes is 1. The highest BCUT2D eigenvalue weighted by Gasteiger charge is 2.24. The Bertz CT molecular complexity index is 368. The molecule has 0 aliphatic rings. The first-order valence-corrected chi connectivity index (χ1v) is 6.09. The van der Waals surface area contributed by atoms with E-state index >= 15 is 0 Å². The number of nitrogens with one attached hydrogen (secondary N) is 1. The molecular formula is C14H23NO4. The van der Waals surface area contributed by atoms with Gasteiger partial charge < -0.3 is 9.47 Å². The molecule has 108 valence electrons. The molecule has 0 saturated carbocycles. The van der Waals surface area contributed by atoms with E-state index in [0.717, 1.165) is 0 Å². The van der Waals surface area contributed by atoms with Crippen LogP contribution in [0.25, 0.3) is 0 Å². The fourth-order valence-corrected chi connectivity index (χ4v) is 1.13. The lowest BCUT2D eigenvalue weighted by molar-refractivity contribution is -0.156. The smallest absolute Gasteiger partial charge is 0.336 e. The van der Waals surface area contributed by atoms with E-state index in [4.69, 9.17) is 15.9 Å². The highest BCUT2D eigenvalue weighted by atomic mass is 16.6. The highest BCUT2D eigenvalue weighted by Crippen LogP contribution is 2.09. The van der Waals surface area contributed by atoms with E-state index in [1.54, 1.807) is 41.5 Å². The molecule has 0 rings (SSSR count). The maximum absolute atomic E-state index is 11.7. The molecule has 0 aliphatic carbocycles. The first-order valence-electron chi connectivity index (χ1n) is 6.09. The van der Waals surface area contributed by atoms with Gasteiger partial charge in [0.2, 0.25) is 0 Å². The number of carbonyl (C=O) groups is 2. The lowest BCUT2D eigenvalue weighted by Crippen LogP contribution is -2.43. The number of ether oxygens (including phenoxy) is 2. The summed E-state index contributed by atoms with van der Waals surface area (Å²) in [7, 11) is 0. The van der Waals surface area contributed by atoms with Crippen molar-refractivity contribution in [1.29, 1.82) is 0 Å². The molecule has 1 N–H and O–H groups in total. The Morgan fingerprint density at radius 1 is 1.11 bits per heavy atom. The van der Waals surface area contributed by atoms with Gasteiger partial charge in [-0.1, -0.05) is 5.92 Å². The zero-order chi connectivity index (χ0) is 15.3. The number of carbonyl (C=O) groups excluding carboxylic acids is 2. The average Bonchev–Trinajstić information content (AvgIpc) is 2.12. The van der Waals surface area contributed by atoms with Gasteiger partial charge in [0.05, 0.1) is 6.54 Å². The second kappa shape index (κ2) is 6.58. The number of hydrogen-bond acceptors (Lipinski definition) is 5. The summed E-state index contributed by atoms with van der Waals surface area (Å²) in [6, 6.07) is -0.966. The predicted molar refractivity (Wildman–Crippen MR) is 72.3 cm³/mol. The number of hydrogen-bond donors (Lipinski definition) is 1. The van der Waals surface area contributed by atoms with Crippen molar-refractivity contribution in [2.24, 2.45) is 0 Å². The van der Waals surface area contributed by atoms with Crippen molar-refractivity contribution < 1.29 is 19.1 Å². The van der Waals surface area contributed by atoms with Crippen molar-refractivity contribution in [3.05, 3.63) is 0 Å². The topological polar surface area (TPSA) is 64.6 Å². The summed E-state index contributed by atoms with van der Waals surface area (Å²) in [5.41, 5.74) is -1.20. The van der Waals surface area contributed by atoms with Gasteiger partial charge >= 0.3 is 11.9 Å². The van der Waals surface area contributed by atoms with Crippen LogP contribution in [0.3, 0.4) is 0 Å². The largest absolute Gasteiger partial charge is 0.459 e. The van der Waals surface area contributed by atoms with Gasteiger partial charge in [-0.15, -0.1) is 6.42 Å². The van der Waals surface area contributed by atoms with Gasteiger partial charge in [-0.25, -0.2) is 4.79 Å². The van der Waals surface area contributed by atoms with Crippen LogP contribution in [-0.4, -0.2) is 35.7 Å². The van der Waals surface area contributed by atoms with Crippen molar-refractivity contribution in [2.75, 3.05) is 6.54 Å². The predicted octanol–water partition coefficient (Wildman–Crippen LogP) is 1.26. The quantitative estimate of drug-likeness (QED) is 0.615. The molecule has 0 spiro atoms. The lowest BCUT2D eigenvalue weighted by atomic mass is 10.2. The maximum atomic E-state index is 11.7. The number of rotatable bonds is 4. The minimum Gasteiger partial charge on any atom is -0.459 e. The molecule has 0 aromatic heterocycles. The van der Waals surface area contributed by atoms with Gasteiger partial charge in [-0.3, -0.25) is 10.1 Å². The van der Waals surface area contributed by atoms with Crippen LogP contribution in [0.5, 0.6) is 0 Å². The average molecular weight is 269 g/mol. The van der Waals surface area contributed by atoms with Crippen LogP contribution in [-0.2, 0) is 19.1 Å². The SMILES string of the molecule is C#CC(NCC(=O)OC(C)(C)C)C(=O)OC(C)(C)C. The molecule has 1 atom stereocenters. The zero-order valence-corrected chi connectivity index (χ0v) is 12.5. The third-order valence-corrected chi connectivity index (χ3v) is 1.68. The van der Waals surface area contributed by atoms with E-state index in [1.165, 1.54) is 0 Å². The summed E-state index contributed by atoms with van der Waals surface area (Å²) < 4.78 is 10.2. The number of esters is 2. The summed E-state index contributed by atoms with van der Waals surface area (Å²) in [6.45, 7) is 10.4. The van der Waals surface area contributed by atoms with E-state index in [9.17, 15) is 9.59 Å². The van der Waals surface area contributed by atoms with Crippen LogP contribution in [0.4, 0.5) is 0 Å². The summed E-state index contributed by atoms with van der Waals surface area (Å²) >= 11 is 0. The molecule has 5 heteroatoms. The second-order valence-electron chi connectivity index (χ2n) is 6.10. The van der Waals surface area contributed by atoms with E-state index in [-0.39, 0.29) is 6.54 Å². The molecule has 0 fully saturated rings. The van der Waals surface area contributed by atoms with E-state index in [1.807, 2.05) is 0 Å². The van der Waals surface area contributed by atoms with Crippen molar-refractivity contribution in [2.45, 2.75) is 58.8 Å². The molecular weight excluding hydrogens is 246 g/mol. The molecule has 5 nitrogen and oxygen atoms in total. The minimum atomic E-state index is -0.966. The van der Waals surface area contributed by atoms with Gasteiger partial charge in [0.25, 0.3) is 0 Å². The first-order chi connectivity index (χ1) is 8.44. The Morgan fingerprint density at radius 2 is 1.58 bits per heavy atom. The van der Waals surface area contributed by atoms with E-state index < -0.39 is 29.2 Å². The molecule has 0 bridgehead atoms. The minimum absolute atomic E-state index is 0.147. The fraction of sp³-hybridized carbons (Fsp3) is 0.714. The molecule has 0 heterocycles. The monoisotopic (exact) mass is 269 g/mol. The second-order valence-corrected chi connectivity index (χ2v) is 6.10.